The van der Waals surface area contributed by atoms with Crippen molar-refractivity contribution in [2.45, 2.75) is 39.7 Å². The summed E-state index contributed by atoms with van der Waals surface area (Å²) in [5, 5.41) is 22.6. The van der Waals surface area contributed by atoms with Gasteiger partial charge in [0.1, 0.15) is 40.7 Å². The molecule has 4 aromatic carbocycles. The van der Waals surface area contributed by atoms with Crippen LogP contribution in [0.15, 0.2) is 114 Å². The van der Waals surface area contributed by atoms with E-state index in [2.05, 4.69) is 50.3 Å². The summed E-state index contributed by atoms with van der Waals surface area (Å²) in [6, 6.07) is 32.8. The van der Waals surface area contributed by atoms with Gasteiger partial charge >= 0.3 is 0 Å². The van der Waals surface area contributed by atoms with Gasteiger partial charge in [-0.3, -0.25) is 23.9 Å². The van der Waals surface area contributed by atoms with E-state index in [9.17, 15) is 14.4 Å². The van der Waals surface area contributed by atoms with Crippen molar-refractivity contribution < 1.29 is 33.3 Å². The first-order valence-electron chi connectivity index (χ1n) is 23.2. The monoisotopic (exact) mass is 993 g/mol. The van der Waals surface area contributed by atoms with Crippen LogP contribution in [-0.2, 0) is 30.2 Å². The highest BCUT2D eigenvalue weighted by molar-refractivity contribution is 7.15. The molecule has 16 nitrogen and oxygen atoms in total. The first-order chi connectivity index (χ1) is 34.6. The number of thiophene rings is 1. The molecule has 18 heteroatoms. The third-order valence-corrected chi connectivity index (χ3v) is 13.3. The number of aliphatic imine (C=N–C) groups is 1. The van der Waals surface area contributed by atoms with E-state index in [1.165, 1.54) is 4.88 Å². The summed E-state index contributed by atoms with van der Waals surface area (Å²) >= 11 is 7.92. The van der Waals surface area contributed by atoms with Crippen LogP contribution in [-0.4, -0.2) is 96.0 Å². The lowest BCUT2D eigenvalue weighted by atomic mass is 9.99. The van der Waals surface area contributed by atoms with Crippen LogP contribution in [0.5, 0.6) is 5.75 Å². The van der Waals surface area contributed by atoms with Gasteiger partial charge in [-0.25, -0.2) is 4.98 Å². The Hall–Kier alpha value is -7.28. The van der Waals surface area contributed by atoms with Gasteiger partial charge in [-0.15, -0.1) is 21.5 Å². The number of aromatic nitrogens is 4. The number of ether oxygens (including phenoxy) is 4. The summed E-state index contributed by atoms with van der Waals surface area (Å²) in [6.07, 6.45) is 0.349. The topological polar surface area (TPSA) is 192 Å². The number of carbonyl (C=O) groups excluding carboxylic acids is 3. The molecule has 0 saturated carbocycles. The van der Waals surface area contributed by atoms with Crippen molar-refractivity contribution in [3.63, 3.8) is 0 Å². The molecule has 364 valence electrons. The van der Waals surface area contributed by atoms with E-state index in [1.54, 1.807) is 35.6 Å². The van der Waals surface area contributed by atoms with Crippen molar-refractivity contribution in [2.24, 2.45) is 4.99 Å². The van der Waals surface area contributed by atoms with Crippen LogP contribution in [0.1, 0.15) is 61.7 Å². The number of amides is 3. The van der Waals surface area contributed by atoms with Crippen molar-refractivity contribution in [1.82, 2.24) is 19.7 Å². The SMILES string of the molecule is Cc1sc2c(c1C)C(c1ccc(Cl)cc1)=N[C@@H](CC(=O)Nc1ccc(OCCOCCOCCOCCNc3ccc(-c4ccc5c(c4)CC(=O)N5)c(C(=O)Nc4ccccc4)n3)cc1)c1nnc(C)n1-2. The quantitative estimate of drug-likeness (QED) is 0.0502. The largest absolute Gasteiger partial charge is 0.491 e. The van der Waals surface area contributed by atoms with Gasteiger partial charge in [-0.2, -0.15) is 0 Å². The van der Waals surface area contributed by atoms with E-state index in [-0.39, 0.29) is 29.8 Å². The molecule has 5 heterocycles. The number of halogens is 1. The molecule has 1 atom stereocenters. The van der Waals surface area contributed by atoms with Gasteiger partial charge < -0.3 is 40.2 Å². The van der Waals surface area contributed by atoms with Gasteiger partial charge in [0.15, 0.2) is 5.82 Å². The van der Waals surface area contributed by atoms with Crippen LogP contribution in [0.3, 0.4) is 0 Å². The Morgan fingerprint density at radius 3 is 2.25 bits per heavy atom. The lowest BCUT2D eigenvalue weighted by molar-refractivity contribution is -0.117. The second kappa shape index (κ2) is 22.6. The third kappa shape index (κ3) is 11.8. The predicted octanol–water partition coefficient (Wildman–Crippen LogP) is 9.18. The Morgan fingerprint density at radius 2 is 1.49 bits per heavy atom. The van der Waals surface area contributed by atoms with Crippen molar-refractivity contribution in [3.8, 4) is 21.9 Å². The van der Waals surface area contributed by atoms with Gasteiger partial charge in [0.05, 0.1) is 58.2 Å². The number of fused-ring (bicyclic) bond motifs is 4. The normalized spacial score (nSPS) is 13.6. The van der Waals surface area contributed by atoms with E-state index in [1.807, 2.05) is 96.4 Å². The summed E-state index contributed by atoms with van der Waals surface area (Å²) < 4.78 is 25.0. The Balaban J connectivity index is 0.669. The van der Waals surface area contributed by atoms with E-state index in [4.69, 9.17) is 35.5 Å². The lowest BCUT2D eigenvalue weighted by Gasteiger charge is -2.14. The molecule has 3 aromatic heterocycles. The molecule has 7 aromatic rings. The van der Waals surface area contributed by atoms with Gasteiger partial charge in [-0.05, 0) is 110 Å². The molecule has 0 bridgehead atoms. The predicted molar refractivity (Wildman–Crippen MR) is 276 cm³/mol. The lowest BCUT2D eigenvalue weighted by Crippen LogP contribution is -2.18. The number of nitrogens with one attached hydrogen (secondary N) is 4. The van der Waals surface area contributed by atoms with E-state index >= 15 is 0 Å². The molecule has 0 spiro atoms. The number of para-hydroxylation sites is 1. The highest BCUT2D eigenvalue weighted by atomic mass is 35.5. The van der Waals surface area contributed by atoms with E-state index in [0.717, 1.165) is 50.0 Å². The molecule has 0 saturated heterocycles. The molecular weight excluding hydrogens is 942 g/mol. The number of rotatable bonds is 21. The van der Waals surface area contributed by atoms with Crippen molar-refractivity contribution >= 4 is 69.3 Å². The molecule has 3 amide bonds. The number of aryl methyl sites for hydroxylation is 2. The van der Waals surface area contributed by atoms with Crippen molar-refractivity contribution in [3.05, 3.63) is 159 Å². The van der Waals surface area contributed by atoms with Gasteiger partial charge in [-0.1, -0.05) is 48.0 Å². The maximum atomic E-state index is 13.6. The number of nitrogens with zero attached hydrogens (tertiary/aromatic N) is 5. The molecule has 2 aliphatic rings. The smallest absolute Gasteiger partial charge is 0.274 e. The van der Waals surface area contributed by atoms with Gasteiger partial charge in [0.25, 0.3) is 5.91 Å². The minimum absolute atomic E-state index is 0.0559. The molecule has 9 rings (SSSR count). The minimum Gasteiger partial charge on any atom is -0.491 e. The molecule has 0 radical (unpaired) electrons. The van der Waals surface area contributed by atoms with Gasteiger partial charge in [0, 0.05) is 50.2 Å². The summed E-state index contributed by atoms with van der Waals surface area (Å²) in [6.45, 7) is 9.27. The van der Waals surface area contributed by atoms with E-state index in [0.29, 0.717) is 98.6 Å². The summed E-state index contributed by atoms with van der Waals surface area (Å²) in [7, 11) is 0. The second-order valence-electron chi connectivity index (χ2n) is 16.8. The number of benzene rings is 4. The van der Waals surface area contributed by atoms with Crippen LogP contribution < -0.4 is 26.0 Å². The fourth-order valence-electron chi connectivity index (χ4n) is 8.24. The maximum Gasteiger partial charge on any atom is 0.274 e. The first-order valence-corrected chi connectivity index (χ1v) is 24.4. The van der Waals surface area contributed by atoms with E-state index < -0.39 is 6.04 Å². The number of anilines is 4. The zero-order valence-corrected chi connectivity index (χ0v) is 41.0. The maximum absolute atomic E-state index is 13.6. The Bertz CT molecular complexity index is 3070. The first kappa shape index (κ1) is 48.7. The highest BCUT2D eigenvalue weighted by Crippen LogP contribution is 2.40. The number of hydrogen-bond acceptors (Lipinski definition) is 13. The van der Waals surface area contributed by atoms with Crippen molar-refractivity contribution in [2.75, 3.05) is 74.1 Å². The van der Waals surface area contributed by atoms with Gasteiger partial charge in [0.2, 0.25) is 11.8 Å². The minimum atomic E-state index is -0.583. The van der Waals surface area contributed by atoms with Crippen LogP contribution >= 0.6 is 22.9 Å². The molecule has 4 N–H and O–H groups in total. The molecule has 0 unspecified atom stereocenters. The van der Waals surface area contributed by atoms with Crippen LogP contribution in [0.25, 0.3) is 16.1 Å². The summed E-state index contributed by atoms with van der Waals surface area (Å²) in [4.78, 5) is 50.1. The molecule has 0 aliphatic carbocycles. The average molecular weight is 995 g/mol. The molecular formula is C53H52ClN9O7S. The second-order valence-corrected chi connectivity index (χ2v) is 18.4. The number of hydrogen-bond donors (Lipinski definition) is 4. The average Bonchev–Trinajstić information content (AvgIpc) is 4.01. The molecule has 0 fully saturated rings. The standard InChI is InChI=1S/C53H52ClN9O7S/c1-32-33(2)71-53-48(32)49(35-9-12-38(54)13-10-35)59-44(51-62-61-34(3)63(51)53)31-47(65)56-40-14-16-41(17-15-40)70-28-27-69-26-25-68-24-23-67-22-21-55-45-20-18-42(36-11-19-43-37(29-36)30-46(64)58-43)50(60-45)52(66)57-39-7-5-4-6-8-39/h4-20,29,44H,21-28,30-31H2,1-3H3,(H,55,60)(H,56,65)(H,57,66)(H,58,64)/t44-/m0/s1. The number of carbonyl (C=O) groups is 3. The van der Waals surface area contributed by atoms with Crippen molar-refractivity contribution in [1.29, 1.82) is 0 Å². The zero-order valence-electron chi connectivity index (χ0n) is 39.4. The Kier molecular flexibility index (Phi) is 15.5. The summed E-state index contributed by atoms with van der Waals surface area (Å²) in [5.74, 6) is 1.90. The third-order valence-electron chi connectivity index (χ3n) is 11.9. The fourth-order valence-corrected chi connectivity index (χ4v) is 9.58. The highest BCUT2D eigenvalue weighted by Gasteiger charge is 2.32. The molecule has 71 heavy (non-hydrogen) atoms. The number of pyridine rings is 1. The summed E-state index contributed by atoms with van der Waals surface area (Å²) in [5.41, 5.74) is 8.47. The van der Waals surface area contributed by atoms with Crippen LogP contribution in [0.4, 0.5) is 22.9 Å². The Labute approximate surface area is 419 Å². The Morgan fingerprint density at radius 1 is 0.789 bits per heavy atom. The molecule has 2 aliphatic heterocycles. The fraction of sp³-hybridized carbons (Fsp3) is 0.264. The van der Waals surface area contributed by atoms with Crippen LogP contribution in [0.2, 0.25) is 5.02 Å². The zero-order chi connectivity index (χ0) is 49.3. The van der Waals surface area contributed by atoms with Crippen LogP contribution in [0, 0.1) is 20.8 Å².